The molecule has 2 N–H and O–H groups in total. The largest absolute Gasteiger partial charge is 0.358 e. The van der Waals surface area contributed by atoms with E-state index in [-0.39, 0.29) is 0 Å². The van der Waals surface area contributed by atoms with Crippen LogP contribution >= 0.6 is 0 Å². The van der Waals surface area contributed by atoms with Crippen LogP contribution in [0.4, 0.5) is 0 Å². The van der Waals surface area contributed by atoms with Crippen LogP contribution in [0.2, 0.25) is 0 Å². The van der Waals surface area contributed by atoms with Gasteiger partial charge in [-0.2, -0.15) is 0 Å². The maximum Gasteiger partial charge on any atom is 0.236 e. The summed E-state index contributed by atoms with van der Waals surface area (Å²) in [6.07, 6.45) is 0. The second-order valence-corrected chi connectivity index (χ2v) is 4.29. The van der Waals surface area contributed by atoms with E-state index in [0.717, 1.165) is 0 Å². The van der Waals surface area contributed by atoms with E-state index in [0.29, 0.717) is 13.1 Å². The molecule has 0 radical (unpaired) electrons. The zero-order valence-corrected chi connectivity index (χ0v) is 11.3. The fraction of sp³-hybridized carbons (Fsp3) is 0.833. The first-order valence-electron chi connectivity index (χ1n) is 8.68. The molecule has 0 aliphatic carbocycles. The number of carbonyl (C=O) groups excluding carboxylic acids is 2. The normalized spacial score (nSPS) is 20.8. The quantitative estimate of drug-likeness (QED) is 0.627. The average Bonchev–Trinajstić information content (AvgIpc) is 2.38. The van der Waals surface area contributed by atoms with Crippen LogP contribution in [0.3, 0.4) is 0 Å². The highest BCUT2D eigenvalue weighted by Crippen LogP contribution is 1.99. The van der Waals surface area contributed by atoms with E-state index in [4.69, 9.17) is 8.22 Å². The number of rotatable bonds is 7. The lowest BCUT2D eigenvalue weighted by Crippen LogP contribution is -2.47. The van der Waals surface area contributed by atoms with Crippen molar-refractivity contribution >= 4 is 11.8 Å². The average molecular weight is 264 g/mol. The van der Waals surface area contributed by atoms with Crippen molar-refractivity contribution in [3.05, 3.63) is 0 Å². The lowest BCUT2D eigenvalue weighted by atomic mass is 10.2. The summed E-state index contributed by atoms with van der Waals surface area (Å²) in [5, 5.41) is 3.87. The third-order valence-electron chi connectivity index (χ3n) is 3.13. The molecular formula is C12H26N4O2. The van der Waals surface area contributed by atoms with E-state index >= 15 is 0 Å². The molecule has 2 atom stereocenters. The number of nitrogens with zero attached hydrogens (tertiary/aromatic N) is 2. The van der Waals surface area contributed by atoms with Gasteiger partial charge in [0.25, 0.3) is 0 Å². The van der Waals surface area contributed by atoms with Crippen molar-refractivity contribution in [3.8, 4) is 0 Å². The molecule has 0 bridgehead atoms. The third-order valence-corrected chi connectivity index (χ3v) is 3.13. The van der Waals surface area contributed by atoms with Crippen molar-refractivity contribution < 1.29 is 17.8 Å². The topological polar surface area (TPSA) is 64.7 Å². The van der Waals surface area contributed by atoms with Gasteiger partial charge in [-0.15, -0.1) is 0 Å². The summed E-state index contributed by atoms with van der Waals surface area (Å²) in [5.41, 5.74) is 0. The maximum absolute atomic E-state index is 11.8. The monoisotopic (exact) mass is 264 g/mol. The number of likely N-dealkylation sites (N-methyl/N-ethyl adjacent to an activating group) is 4. The molecule has 0 aromatic rings. The van der Waals surface area contributed by atoms with Crippen LogP contribution in [-0.4, -0.2) is 74.8 Å². The summed E-state index contributed by atoms with van der Waals surface area (Å²) >= 11 is 0. The predicted octanol–water partition coefficient (Wildman–Crippen LogP) is -0.881. The van der Waals surface area contributed by atoms with Crippen molar-refractivity contribution in [3.63, 3.8) is 0 Å². The minimum atomic E-state index is -2.54. The Morgan fingerprint density at radius 3 is 1.61 bits per heavy atom. The van der Waals surface area contributed by atoms with Gasteiger partial charge in [-0.3, -0.25) is 19.4 Å². The second kappa shape index (κ2) is 8.05. The molecule has 0 rings (SSSR count). The van der Waals surface area contributed by atoms with Gasteiger partial charge >= 0.3 is 0 Å². The summed E-state index contributed by atoms with van der Waals surface area (Å²) in [5.74, 6) is -1.23. The van der Waals surface area contributed by atoms with Gasteiger partial charge < -0.3 is 10.6 Å². The van der Waals surface area contributed by atoms with E-state index in [2.05, 4.69) is 0 Å². The van der Waals surface area contributed by atoms with Gasteiger partial charge in [0.05, 0.1) is 12.1 Å². The SMILES string of the molecule is [2H]C([2H])([2H])NC(=O)[C@@H](C)N(C)CCN(C)[C@H](C)C(=O)NC([2H])([2H])[2H]. The third kappa shape index (κ3) is 5.01. The lowest BCUT2D eigenvalue weighted by Gasteiger charge is -2.28. The Bertz CT molecular complexity index is 400. The Labute approximate surface area is 118 Å². The van der Waals surface area contributed by atoms with E-state index in [9.17, 15) is 9.59 Å². The van der Waals surface area contributed by atoms with Crippen LogP contribution in [0.5, 0.6) is 0 Å². The first-order valence-corrected chi connectivity index (χ1v) is 5.68. The molecule has 0 aliphatic heterocycles. The summed E-state index contributed by atoms with van der Waals surface area (Å²) in [6, 6.07) is -1.32. The maximum atomic E-state index is 11.8. The molecule has 6 nitrogen and oxygen atoms in total. The highest BCUT2D eigenvalue weighted by atomic mass is 16.2. The van der Waals surface area contributed by atoms with Crippen LogP contribution in [0.1, 0.15) is 22.1 Å². The number of carbonyl (C=O) groups is 2. The van der Waals surface area contributed by atoms with Gasteiger partial charge in [0.1, 0.15) is 0 Å². The standard InChI is InChI=1S/C12H26N4O2/c1-9(11(17)13-3)15(5)7-8-16(6)10(2)12(18)14-4/h9-10H,7-8H2,1-6H3,(H,13,17)(H,14,18)/t9-,10-/m1/s1/i3D3,4D3. The Hall–Kier alpha value is -1.14. The number of amides is 2. The van der Waals surface area contributed by atoms with E-state index in [1.165, 1.54) is 0 Å². The molecule has 18 heavy (non-hydrogen) atoms. The first kappa shape index (κ1) is 8.87. The molecule has 0 aliphatic rings. The summed E-state index contributed by atoms with van der Waals surface area (Å²) < 4.78 is 42.2. The fourth-order valence-corrected chi connectivity index (χ4v) is 1.31. The Balaban J connectivity index is 4.45. The van der Waals surface area contributed by atoms with Crippen molar-refractivity contribution in [1.29, 1.82) is 0 Å². The zero-order chi connectivity index (χ0) is 19.3. The number of nitrogens with one attached hydrogen (secondary N) is 2. The molecule has 6 heteroatoms. The van der Waals surface area contributed by atoms with Gasteiger partial charge in [-0.05, 0) is 27.9 Å². The van der Waals surface area contributed by atoms with Crippen LogP contribution in [-0.2, 0) is 9.59 Å². The van der Waals surface area contributed by atoms with Crippen molar-refractivity contribution in [2.24, 2.45) is 0 Å². The van der Waals surface area contributed by atoms with Crippen LogP contribution in [0.25, 0.3) is 0 Å². The molecule has 0 heterocycles. The molecule has 0 spiro atoms. The van der Waals surface area contributed by atoms with Gasteiger partial charge in [0.2, 0.25) is 11.8 Å². The predicted molar refractivity (Wildman–Crippen MR) is 72.3 cm³/mol. The van der Waals surface area contributed by atoms with Gasteiger partial charge in [0.15, 0.2) is 0 Å². The van der Waals surface area contributed by atoms with Crippen molar-refractivity contribution in [2.75, 3.05) is 41.1 Å². The minimum Gasteiger partial charge on any atom is -0.358 e. The summed E-state index contributed by atoms with van der Waals surface area (Å²) in [7, 11) is 3.32. The van der Waals surface area contributed by atoms with Crippen molar-refractivity contribution in [2.45, 2.75) is 25.9 Å². The molecule has 2 amide bonds. The molecular weight excluding hydrogens is 232 g/mol. The van der Waals surface area contributed by atoms with Crippen LogP contribution in [0.15, 0.2) is 0 Å². The van der Waals surface area contributed by atoms with Crippen LogP contribution < -0.4 is 10.6 Å². The van der Waals surface area contributed by atoms with E-state index in [1.54, 1.807) is 37.7 Å². The Kier molecular flexibility index (Phi) is 3.97. The van der Waals surface area contributed by atoms with E-state index < -0.39 is 37.8 Å². The van der Waals surface area contributed by atoms with Crippen LogP contribution in [0, 0.1) is 0 Å². The number of hydrogen-bond acceptors (Lipinski definition) is 4. The minimum absolute atomic E-state index is 0.386. The van der Waals surface area contributed by atoms with Gasteiger partial charge in [-0.25, -0.2) is 0 Å². The van der Waals surface area contributed by atoms with Gasteiger partial charge in [-0.1, -0.05) is 0 Å². The Morgan fingerprint density at radius 2 is 1.33 bits per heavy atom. The van der Waals surface area contributed by atoms with Crippen molar-refractivity contribution in [1.82, 2.24) is 20.4 Å². The smallest absolute Gasteiger partial charge is 0.236 e. The molecule has 106 valence electrons. The zero-order valence-electron chi connectivity index (χ0n) is 17.3. The summed E-state index contributed by atoms with van der Waals surface area (Å²) in [6.45, 7) is -1.15. The molecule has 0 fully saturated rings. The number of hydrogen-bond donors (Lipinski definition) is 2. The lowest BCUT2D eigenvalue weighted by molar-refractivity contribution is -0.126. The highest BCUT2D eigenvalue weighted by molar-refractivity contribution is 5.81. The highest BCUT2D eigenvalue weighted by Gasteiger charge is 2.19. The molecule has 0 saturated heterocycles. The summed E-state index contributed by atoms with van der Waals surface area (Å²) in [4.78, 5) is 26.9. The molecule has 0 aromatic carbocycles. The second-order valence-electron chi connectivity index (χ2n) is 4.29. The molecule has 0 saturated carbocycles. The van der Waals surface area contributed by atoms with Gasteiger partial charge in [0, 0.05) is 35.3 Å². The fourth-order valence-electron chi connectivity index (χ4n) is 1.31. The molecule has 0 unspecified atom stereocenters. The van der Waals surface area contributed by atoms with E-state index in [1.807, 2.05) is 10.6 Å². The first-order chi connectivity index (χ1) is 10.6. The Morgan fingerprint density at radius 1 is 1.00 bits per heavy atom. The molecule has 0 aromatic heterocycles.